The van der Waals surface area contributed by atoms with E-state index in [-0.39, 0.29) is 36.7 Å². The van der Waals surface area contributed by atoms with Crippen LogP contribution in [0.15, 0.2) is 23.3 Å². The van der Waals surface area contributed by atoms with Gasteiger partial charge in [-0.25, -0.2) is 0 Å². The number of aliphatic hydroxyl groups is 1. The molecule has 0 spiro atoms. The molecule has 2 amide bonds. The fraction of sp³-hybridized carbons (Fsp3) is 0.654. The number of carbonyl (C=O) groups is 2. The number of hydrogen-bond acceptors (Lipinski definition) is 8. The number of carbonyl (C=O) groups excluding carboxylic acids is 2. The van der Waals surface area contributed by atoms with Crippen LogP contribution in [0.3, 0.4) is 0 Å². The first-order chi connectivity index (χ1) is 17.2. The summed E-state index contributed by atoms with van der Waals surface area (Å²) in [4.78, 5) is 28.5. The normalized spacial score (nSPS) is 22.7. The molecule has 2 aliphatic rings. The van der Waals surface area contributed by atoms with Crippen LogP contribution in [0, 0.1) is 12.3 Å². The van der Waals surface area contributed by atoms with Crippen LogP contribution in [0.2, 0.25) is 0 Å². The van der Waals surface area contributed by atoms with Crippen LogP contribution in [0.4, 0.5) is 0 Å². The van der Waals surface area contributed by atoms with Gasteiger partial charge in [0.2, 0.25) is 17.7 Å². The maximum atomic E-state index is 13.7. The summed E-state index contributed by atoms with van der Waals surface area (Å²) in [6, 6.07) is 4.65. The van der Waals surface area contributed by atoms with E-state index in [2.05, 4.69) is 28.1 Å². The number of likely N-dealkylation sites (N-methyl/N-ethyl adjacent to an activating group) is 1. The topological polar surface area (TPSA) is 125 Å². The Balaban J connectivity index is 1.73. The molecule has 1 aromatic carbocycles. The summed E-state index contributed by atoms with van der Waals surface area (Å²) in [7, 11) is 3.26. The minimum absolute atomic E-state index is 0.136. The van der Waals surface area contributed by atoms with Gasteiger partial charge in [-0.2, -0.15) is 0 Å². The molecule has 10 nitrogen and oxygen atoms in total. The molecule has 3 rings (SSSR count). The van der Waals surface area contributed by atoms with Crippen LogP contribution in [0.1, 0.15) is 49.8 Å². The summed E-state index contributed by atoms with van der Waals surface area (Å²) in [6.07, 6.45) is 1.01. The van der Waals surface area contributed by atoms with E-state index in [4.69, 9.17) is 9.47 Å². The second kappa shape index (κ2) is 12.5. The monoisotopic (exact) mass is 503 g/mol. The molecular formula is C26H41N5O5. The third kappa shape index (κ3) is 6.35. The summed E-state index contributed by atoms with van der Waals surface area (Å²) < 4.78 is 10.9. The van der Waals surface area contributed by atoms with Gasteiger partial charge in [-0.3, -0.25) is 9.59 Å². The van der Waals surface area contributed by atoms with Crippen LogP contribution in [-0.4, -0.2) is 86.4 Å². The fourth-order valence-corrected chi connectivity index (χ4v) is 5.07. The quantitative estimate of drug-likeness (QED) is 0.224. The molecule has 2 aliphatic heterocycles. The Kier molecular flexibility index (Phi) is 9.69. The van der Waals surface area contributed by atoms with Gasteiger partial charge in [-0.1, -0.05) is 26.0 Å². The number of rotatable bonds is 9. The predicted molar refractivity (Wildman–Crippen MR) is 137 cm³/mol. The van der Waals surface area contributed by atoms with E-state index in [1.165, 1.54) is 0 Å². The Bertz CT molecular complexity index is 947. The van der Waals surface area contributed by atoms with Crippen molar-refractivity contribution in [2.24, 2.45) is 10.5 Å². The Morgan fingerprint density at radius 2 is 2.06 bits per heavy atom. The number of ether oxygens (including phenoxy) is 2. The van der Waals surface area contributed by atoms with E-state index in [0.29, 0.717) is 25.7 Å². The van der Waals surface area contributed by atoms with Crippen LogP contribution in [0.5, 0.6) is 0 Å². The number of aryl methyl sites for hydroxylation is 1. The van der Waals surface area contributed by atoms with Gasteiger partial charge in [-0.05, 0) is 48.9 Å². The third-order valence-electron chi connectivity index (χ3n) is 7.26. The first-order valence-corrected chi connectivity index (χ1v) is 12.7. The standard InChI is InChI=1S/C26H41N5O5/c1-6-28-22(26(3)9-11-36-12-10-26)25(34)31-16-19(32)14-21(31)23(33)29-15-18-8-7-17(2)20(13-18)24(35-5)30-27-4/h7-8,13,19,21-22,27-28,32H,6,9-12,14-16H2,1-5H3,(H,29,33)/b30-24+/t19-,21+,22-/m1/s1. The van der Waals surface area contributed by atoms with Crippen LogP contribution >= 0.6 is 0 Å². The molecule has 2 fully saturated rings. The molecule has 2 heterocycles. The molecule has 0 aliphatic carbocycles. The number of nitrogens with one attached hydrogen (secondary N) is 3. The van der Waals surface area contributed by atoms with E-state index in [1.54, 1.807) is 19.1 Å². The molecule has 3 atom stereocenters. The number of β-amino-alcohol motifs (C(OH)–C–C–N with tert-alkyl or cyclic N) is 1. The van der Waals surface area contributed by atoms with Crippen molar-refractivity contribution >= 4 is 17.7 Å². The predicted octanol–water partition coefficient (Wildman–Crippen LogP) is 0.895. The highest BCUT2D eigenvalue weighted by Crippen LogP contribution is 2.35. The third-order valence-corrected chi connectivity index (χ3v) is 7.26. The number of benzene rings is 1. The van der Waals surface area contributed by atoms with Gasteiger partial charge < -0.3 is 35.5 Å². The zero-order valence-electron chi connectivity index (χ0n) is 22.1. The van der Waals surface area contributed by atoms with Crippen molar-refractivity contribution < 1.29 is 24.2 Å². The van der Waals surface area contributed by atoms with E-state index >= 15 is 0 Å². The minimum Gasteiger partial charge on any atom is -0.480 e. The smallest absolute Gasteiger partial charge is 0.243 e. The lowest BCUT2D eigenvalue weighted by Gasteiger charge is -2.42. The SMILES string of the molecule is CCN[C@H](C(=O)N1C[C@H](O)C[C@H]1C(=O)NCc1ccc(C)c(/C(=N\NC)OC)c1)C1(C)CCOCC1. The summed E-state index contributed by atoms with van der Waals surface area (Å²) >= 11 is 0. The Morgan fingerprint density at radius 3 is 2.69 bits per heavy atom. The maximum Gasteiger partial charge on any atom is 0.243 e. The number of likely N-dealkylation sites (tertiary alicyclic amines) is 1. The molecule has 10 heteroatoms. The number of nitrogens with zero attached hydrogens (tertiary/aromatic N) is 2. The molecule has 0 aromatic heterocycles. The highest BCUT2D eigenvalue weighted by Gasteiger charge is 2.46. The summed E-state index contributed by atoms with van der Waals surface area (Å²) in [5, 5.41) is 20.9. The Morgan fingerprint density at radius 1 is 1.33 bits per heavy atom. The Hall–Kier alpha value is -2.69. The summed E-state index contributed by atoms with van der Waals surface area (Å²) in [5.74, 6) is 0.0452. The van der Waals surface area contributed by atoms with Crippen molar-refractivity contribution in [1.82, 2.24) is 21.0 Å². The lowest BCUT2D eigenvalue weighted by molar-refractivity contribution is -0.144. The number of hydrazone groups is 1. The average molecular weight is 504 g/mol. The van der Waals surface area contributed by atoms with Crippen LogP contribution in [-0.2, 0) is 25.6 Å². The van der Waals surface area contributed by atoms with Gasteiger partial charge in [0, 0.05) is 45.3 Å². The maximum absolute atomic E-state index is 13.7. The molecule has 0 unspecified atom stereocenters. The molecule has 2 saturated heterocycles. The van der Waals surface area contributed by atoms with E-state index in [0.717, 1.165) is 29.5 Å². The van der Waals surface area contributed by atoms with Gasteiger partial charge in [0.25, 0.3) is 0 Å². The number of amides is 2. The second-order valence-electron chi connectivity index (χ2n) is 9.86. The minimum atomic E-state index is -0.734. The Labute approximate surface area is 213 Å². The molecule has 0 saturated carbocycles. The van der Waals surface area contributed by atoms with Gasteiger partial charge >= 0.3 is 0 Å². The molecular weight excluding hydrogens is 462 g/mol. The van der Waals surface area contributed by atoms with Gasteiger partial charge in [0.1, 0.15) is 6.04 Å². The van der Waals surface area contributed by atoms with Gasteiger partial charge in [0.05, 0.1) is 19.3 Å². The first kappa shape index (κ1) is 27.9. The van der Waals surface area contributed by atoms with Crippen LogP contribution in [0.25, 0.3) is 0 Å². The molecule has 0 bridgehead atoms. The molecule has 4 N–H and O–H groups in total. The number of hydrogen-bond donors (Lipinski definition) is 4. The fourth-order valence-electron chi connectivity index (χ4n) is 5.07. The molecule has 36 heavy (non-hydrogen) atoms. The van der Waals surface area contributed by atoms with E-state index in [9.17, 15) is 14.7 Å². The van der Waals surface area contributed by atoms with Crippen molar-refractivity contribution in [3.63, 3.8) is 0 Å². The van der Waals surface area contributed by atoms with Gasteiger partial charge in [-0.15, -0.1) is 5.10 Å². The number of methoxy groups -OCH3 is 1. The van der Waals surface area contributed by atoms with Gasteiger partial charge in [0.15, 0.2) is 0 Å². The lowest BCUT2D eigenvalue weighted by atomic mass is 9.75. The highest BCUT2D eigenvalue weighted by atomic mass is 16.5. The molecule has 200 valence electrons. The van der Waals surface area contributed by atoms with E-state index in [1.807, 2.05) is 32.0 Å². The largest absolute Gasteiger partial charge is 0.480 e. The summed E-state index contributed by atoms with van der Waals surface area (Å²) in [5.41, 5.74) is 5.16. The van der Waals surface area contributed by atoms with Crippen molar-refractivity contribution in [2.75, 3.05) is 40.5 Å². The molecule has 0 radical (unpaired) electrons. The molecule has 1 aromatic rings. The number of aliphatic hydroxyl groups excluding tert-OH is 1. The second-order valence-corrected chi connectivity index (χ2v) is 9.86. The highest BCUT2D eigenvalue weighted by molar-refractivity contribution is 5.95. The van der Waals surface area contributed by atoms with Crippen molar-refractivity contribution in [1.29, 1.82) is 0 Å². The van der Waals surface area contributed by atoms with E-state index < -0.39 is 18.2 Å². The lowest BCUT2D eigenvalue weighted by Crippen LogP contribution is -2.58. The zero-order chi connectivity index (χ0) is 26.3. The van der Waals surface area contributed by atoms with Crippen LogP contribution < -0.4 is 16.1 Å². The summed E-state index contributed by atoms with van der Waals surface area (Å²) in [6.45, 7) is 8.32. The first-order valence-electron chi connectivity index (χ1n) is 12.7. The van der Waals surface area contributed by atoms with Crippen molar-refractivity contribution in [3.8, 4) is 0 Å². The average Bonchev–Trinajstić information content (AvgIpc) is 3.27. The van der Waals surface area contributed by atoms with Crippen molar-refractivity contribution in [3.05, 3.63) is 34.9 Å². The zero-order valence-corrected chi connectivity index (χ0v) is 22.1. The van der Waals surface area contributed by atoms with Crippen molar-refractivity contribution in [2.45, 2.75) is 64.8 Å².